The van der Waals surface area contributed by atoms with Crippen molar-refractivity contribution < 1.29 is 9.90 Å². The van der Waals surface area contributed by atoms with E-state index in [0.717, 1.165) is 15.2 Å². The number of thiazole rings is 1. The van der Waals surface area contributed by atoms with Crippen LogP contribution in [-0.2, 0) is 11.2 Å². The average Bonchev–Trinajstić information content (AvgIpc) is 2.70. The molecule has 4 heteroatoms. The minimum absolute atomic E-state index is 0.498. The monoisotopic (exact) mass is 249 g/mol. The molecule has 2 aromatic rings. The van der Waals surface area contributed by atoms with E-state index in [4.69, 9.17) is 0 Å². The van der Waals surface area contributed by atoms with Gasteiger partial charge in [0.1, 0.15) is 0 Å². The molecule has 1 unspecified atom stereocenters. The number of fused-ring (bicyclic) bond motifs is 1. The topological polar surface area (TPSA) is 50.2 Å². The van der Waals surface area contributed by atoms with Gasteiger partial charge < -0.3 is 5.11 Å². The number of aliphatic carboxylic acids is 1. The molecule has 0 amide bonds. The molecule has 0 saturated carbocycles. The standard InChI is InChI=1S/C13H15NO2S/c1-3-13(2,12(15)16)8-11-14-9-6-4-5-7-10(9)17-11/h4-7H,3,8H2,1-2H3,(H,15,16). The summed E-state index contributed by atoms with van der Waals surface area (Å²) in [6, 6.07) is 7.89. The number of hydrogen-bond donors (Lipinski definition) is 1. The Balaban J connectivity index is 2.32. The van der Waals surface area contributed by atoms with Crippen LogP contribution in [0.5, 0.6) is 0 Å². The Morgan fingerprint density at radius 2 is 2.18 bits per heavy atom. The van der Waals surface area contributed by atoms with Gasteiger partial charge in [0.05, 0.1) is 20.6 Å². The zero-order valence-electron chi connectivity index (χ0n) is 9.93. The predicted octanol–water partition coefficient (Wildman–Crippen LogP) is 3.34. The minimum Gasteiger partial charge on any atom is -0.481 e. The summed E-state index contributed by atoms with van der Waals surface area (Å²) in [5, 5.41) is 10.1. The Bertz CT molecular complexity index is 516. The lowest BCUT2D eigenvalue weighted by Crippen LogP contribution is -2.29. The second kappa shape index (κ2) is 4.45. The van der Waals surface area contributed by atoms with Crippen molar-refractivity contribution in [3.05, 3.63) is 29.3 Å². The van der Waals surface area contributed by atoms with Gasteiger partial charge in [-0.3, -0.25) is 4.79 Å². The Labute approximate surface area is 104 Å². The molecule has 0 aliphatic rings. The van der Waals surface area contributed by atoms with E-state index < -0.39 is 11.4 Å². The minimum atomic E-state index is -0.751. The van der Waals surface area contributed by atoms with Crippen molar-refractivity contribution in [3.8, 4) is 0 Å². The molecule has 0 spiro atoms. The molecule has 0 aliphatic heterocycles. The molecule has 90 valence electrons. The molecule has 3 nitrogen and oxygen atoms in total. The Kier molecular flexibility index (Phi) is 3.15. The molecule has 0 aliphatic carbocycles. The van der Waals surface area contributed by atoms with E-state index in [1.165, 1.54) is 0 Å². The highest BCUT2D eigenvalue weighted by atomic mass is 32.1. The van der Waals surface area contributed by atoms with Crippen molar-refractivity contribution in [2.75, 3.05) is 0 Å². The first-order valence-corrected chi connectivity index (χ1v) is 6.44. The van der Waals surface area contributed by atoms with E-state index in [1.54, 1.807) is 18.3 Å². The quantitative estimate of drug-likeness (QED) is 0.904. The lowest BCUT2D eigenvalue weighted by Gasteiger charge is -2.21. The SMILES string of the molecule is CCC(C)(Cc1nc2ccccc2s1)C(=O)O. The molecule has 1 atom stereocenters. The number of aromatic nitrogens is 1. The number of rotatable bonds is 4. The first-order chi connectivity index (χ1) is 8.05. The summed E-state index contributed by atoms with van der Waals surface area (Å²) in [4.78, 5) is 15.7. The van der Waals surface area contributed by atoms with Gasteiger partial charge in [-0.25, -0.2) is 4.98 Å². The Hall–Kier alpha value is -1.42. The molecule has 0 saturated heterocycles. The van der Waals surface area contributed by atoms with Crippen LogP contribution in [0.3, 0.4) is 0 Å². The van der Waals surface area contributed by atoms with Crippen LogP contribution in [-0.4, -0.2) is 16.1 Å². The third kappa shape index (κ3) is 2.31. The van der Waals surface area contributed by atoms with Gasteiger partial charge in [-0.05, 0) is 25.5 Å². The molecule has 1 aromatic carbocycles. The number of benzene rings is 1. The van der Waals surface area contributed by atoms with Crippen LogP contribution in [0, 0.1) is 5.41 Å². The fraction of sp³-hybridized carbons (Fsp3) is 0.385. The fourth-order valence-corrected chi connectivity index (χ4v) is 2.83. The van der Waals surface area contributed by atoms with Crippen LogP contribution >= 0.6 is 11.3 Å². The smallest absolute Gasteiger partial charge is 0.309 e. The summed E-state index contributed by atoms with van der Waals surface area (Å²) < 4.78 is 1.12. The van der Waals surface area contributed by atoms with E-state index in [1.807, 2.05) is 31.2 Å². The molecule has 2 rings (SSSR count). The number of para-hydroxylation sites is 1. The van der Waals surface area contributed by atoms with Crippen LogP contribution < -0.4 is 0 Å². The van der Waals surface area contributed by atoms with Gasteiger partial charge in [-0.15, -0.1) is 11.3 Å². The Morgan fingerprint density at radius 3 is 2.76 bits per heavy atom. The van der Waals surface area contributed by atoms with E-state index in [-0.39, 0.29) is 0 Å². The highest BCUT2D eigenvalue weighted by molar-refractivity contribution is 7.18. The van der Waals surface area contributed by atoms with Crippen LogP contribution in [0.4, 0.5) is 0 Å². The van der Waals surface area contributed by atoms with Gasteiger partial charge in [-0.2, -0.15) is 0 Å². The van der Waals surface area contributed by atoms with E-state index >= 15 is 0 Å². The van der Waals surface area contributed by atoms with Crippen molar-refractivity contribution in [2.45, 2.75) is 26.7 Å². The van der Waals surface area contributed by atoms with Gasteiger partial charge in [0.15, 0.2) is 0 Å². The Morgan fingerprint density at radius 1 is 1.47 bits per heavy atom. The lowest BCUT2D eigenvalue weighted by atomic mass is 9.84. The van der Waals surface area contributed by atoms with Gasteiger partial charge in [0.2, 0.25) is 0 Å². The van der Waals surface area contributed by atoms with Crippen molar-refractivity contribution in [1.29, 1.82) is 0 Å². The summed E-state index contributed by atoms with van der Waals surface area (Å²) in [5.74, 6) is -0.751. The number of hydrogen-bond acceptors (Lipinski definition) is 3. The average molecular weight is 249 g/mol. The summed E-state index contributed by atoms with van der Waals surface area (Å²) in [7, 11) is 0. The zero-order chi connectivity index (χ0) is 12.5. The second-order valence-corrected chi connectivity index (χ2v) is 5.59. The number of carbonyl (C=O) groups is 1. The molecule has 1 aromatic heterocycles. The summed E-state index contributed by atoms with van der Waals surface area (Å²) >= 11 is 1.58. The van der Waals surface area contributed by atoms with E-state index in [2.05, 4.69) is 4.98 Å². The summed E-state index contributed by atoms with van der Waals surface area (Å²) in [5.41, 5.74) is 0.241. The fourth-order valence-electron chi connectivity index (χ4n) is 1.68. The molecule has 0 radical (unpaired) electrons. The third-order valence-electron chi connectivity index (χ3n) is 3.18. The molecule has 1 N–H and O–H groups in total. The molecule has 0 bridgehead atoms. The predicted molar refractivity (Wildman–Crippen MR) is 69.4 cm³/mol. The first-order valence-electron chi connectivity index (χ1n) is 5.63. The van der Waals surface area contributed by atoms with Gasteiger partial charge in [0.25, 0.3) is 0 Å². The van der Waals surface area contributed by atoms with Crippen LogP contribution in [0.1, 0.15) is 25.3 Å². The van der Waals surface area contributed by atoms with Crippen LogP contribution in [0.25, 0.3) is 10.2 Å². The lowest BCUT2D eigenvalue weighted by molar-refractivity contribution is -0.148. The maximum absolute atomic E-state index is 11.2. The molecule has 0 fully saturated rings. The van der Waals surface area contributed by atoms with Crippen molar-refractivity contribution in [2.24, 2.45) is 5.41 Å². The van der Waals surface area contributed by atoms with Crippen molar-refractivity contribution in [1.82, 2.24) is 4.98 Å². The highest BCUT2D eigenvalue weighted by Crippen LogP contribution is 2.31. The maximum atomic E-state index is 11.2. The first kappa shape index (κ1) is 12.0. The van der Waals surface area contributed by atoms with Crippen molar-refractivity contribution >= 4 is 27.5 Å². The molecule has 17 heavy (non-hydrogen) atoms. The number of carboxylic acids is 1. The largest absolute Gasteiger partial charge is 0.481 e. The summed E-state index contributed by atoms with van der Waals surface area (Å²) in [6.07, 6.45) is 1.11. The van der Waals surface area contributed by atoms with Crippen molar-refractivity contribution in [3.63, 3.8) is 0 Å². The normalized spacial score (nSPS) is 14.7. The van der Waals surface area contributed by atoms with E-state index in [0.29, 0.717) is 12.8 Å². The second-order valence-electron chi connectivity index (χ2n) is 4.47. The molecular weight excluding hydrogens is 234 g/mol. The number of nitrogens with zero attached hydrogens (tertiary/aromatic N) is 1. The highest BCUT2D eigenvalue weighted by Gasteiger charge is 2.32. The van der Waals surface area contributed by atoms with Crippen LogP contribution in [0.15, 0.2) is 24.3 Å². The number of carboxylic acid groups (broad SMARTS) is 1. The third-order valence-corrected chi connectivity index (χ3v) is 4.21. The molecular formula is C13H15NO2S. The van der Waals surface area contributed by atoms with Gasteiger partial charge >= 0.3 is 5.97 Å². The van der Waals surface area contributed by atoms with Gasteiger partial charge in [-0.1, -0.05) is 19.1 Å². The molecule has 1 heterocycles. The van der Waals surface area contributed by atoms with Gasteiger partial charge in [0, 0.05) is 6.42 Å². The maximum Gasteiger partial charge on any atom is 0.309 e. The zero-order valence-corrected chi connectivity index (χ0v) is 10.8. The van der Waals surface area contributed by atoms with E-state index in [9.17, 15) is 9.90 Å². The van der Waals surface area contributed by atoms with Crippen LogP contribution in [0.2, 0.25) is 0 Å². The summed E-state index contributed by atoms with van der Waals surface area (Å²) in [6.45, 7) is 3.68.